The summed E-state index contributed by atoms with van der Waals surface area (Å²) >= 11 is 6.22. The van der Waals surface area contributed by atoms with Crippen molar-refractivity contribution in [1.82, 2.24) is 0 Å². The molecule has 3 aliphatic rings. The van der Waals surface area contributed by atoms with Gasteiger partial charge in [-0.25, -0.2) is 4.79 Å². The van der Waals surface area contributed by atoms with Crippen molar-refractivity contribution in [3.63, 3.8) is 0 Å². The molecule has 0 bridgehead atoms. The van der Waals surface area contributed by atoms with Gasteiger partial charge in [-0.2, -0.15) is 0 Å². The molecule has 1 aromatic rings. The first kappa shape index (κ1) is 37.1. The van der Waals surface area contributed by atoms with E-state index in [9.17, 15) is 4.79 Å². The smallest absolute Gasteiger partial charge is 0.330 e. The van der Waals surface area contributed by atoms with Gasteiger partial charge in [-0.1, -0.05) is 56.7 Å². The van der Waals surface area contributed by atoms with Crippen LogP contribution < -0.4 is 4.74 Å². The highest BCUT2D eigenvalue weighted by molar-refractivity contribution is 6.73. The molecule has 258 valence electrons. The lowest BCUT2D eigenvalue weighted by Crippen LogP contribution is -2.41. The van der Waals surface area contributed by atoms with Crippen LogP contribution in [0.2, 0.25) is 23.2 Å². The number of hydrogen-bond acceptors (Lipinski definition) is 8. The van der Waals surface area contributed by atoms with Crippen molar-refractivity contribution >= 4 is 25.9 Å². The summed E-state index contributed by atoms with van der Waals surface area (Å²) in [5, 5.41) is 0.622. The van der Waals surface area contributed by atoms with E-state index in [1.165, 1.54) is 13.2 Å². The topological polar surface area (TPSA) is 81.7 Å². The van der Waals surface area contributed by atoms with Crippen LogP contribution >= 0.6 is 11.6 Å². The van der Waals surface area contributed by atoms with Crippen molar-refractivity contribution in [2.75, 3.05) is 26.9 Å². The van der Waals surface area contributed by atoms with Gasteiger partial charge in [0.1, 0.15) is 18.5 Å². The fraction of sp³-hybridized carbons (Fsp3) is 0.694. The van der Waals surface area contributed by atoms with Crippen LogP contribution in [-0.2, 0) is 32.9 Å². The Morgan fingerprint density at radius 1 is 1.02 bits per heavy atom. The van der Waals surface area contributed by atoms with E-state index in [0.717, 1.165) is 69.7 Å². The quantitative estimate of drug-likeness (QED) is 0.0705. The summed E-state index contributed by atoms with van der Waals surface area (Å²) in [6.07, 6.45) is 14.3. The first-order valence-electron chi connectivity index (χ1n) is 17.4. The van der Waals surface area contributed by atoms with E-state index in [1.54, 1.807) is 6.07 Å². The minimum absolute atomic E-state index is 0.000751. The van der Waals surface area contributed by atoms with Crippen LogP contribution in [0.3, 0.4) is 0 Å². The second-order valence-corrected chi connectivity index (χ2v) is 17.8. The molecule has 0 radical (unpaired) electrons. The molecule has 46 heavy (non-hydrogen) atoms. The number of carbonyl (C=O) groups is 1. The molecule has 1 aliphatic carbocycles. The summed E-state index contributed by atoms with van der Waals surface area (Å²) in [5.74, 6) is 0.446. The lowest BCUT2D eigenvalue weighted by Gasteiger charge is -2.34. The molecule has 0 N–H and O–H groups in total. The van der Waals surface area contributed by atoms with Gasteiger partial charge >= 0.3 is 5.97 Å². The van der Waals surface area contributed by atoms with Gasteiger partial charge in [0.15, 0.2) is 20.9 Å². The highest BCUT2D eigenvalue weighted by Crippen LogP contribution is 2.43. The third-order valence-electron chi connectivity index (χ3n) is 9.75. The molecular formula is C36H55ClO8Si. The zero-order valence-corrected chi connectivity index (χ0v) is 30.0. The summed E-state index contributed by atoms with van der Waals surface area (Å²) in [7, 11) is -0.529. The zero-order chi connectivity index (χ0) is 32.8. The number of ether oxygens (including phenoxy) is 6. The monoisotopic (exact) mass is 678 g/mol. The number of benzene rings is 1. The Morgan fingerprint density at radius 2 is 1.74 bits per heavy atom. The molecule has 4 rings (SSSR count). The number of carbonyl (C=O) groups excluding carboxylic acids is 1. The van der Waals surface area contributed by atoms with E-state index < -0.39 is 8.32 Å². The minimum atomic E-state index is -1.93. The van der Waals surface area contributed by atoms with Crippen LogP contribution in [0.5, 0.6) is 5.75 Å². The van der Waals surface area contributed by atoms with E-state index in [-0.39, 0.29) is 48.7 Å². The summed E-state index contributed by atoms with van der Waals surface area (Å²) < 4.78 is 43.5. The average Bonchev–Trinajstić information content (AvgIpc) is 3.40. The largest absolute Gasteiger partial charge is 0.490 e. The molecule has 2 unspecified atom stereocenters. The molecule has 0 amide bonds. The standard InChI is InChI=1S/C36H55ClO8Si/c1-5-46(6-2,7-3)45-33-25-32(44-36-19-9-11-23-41-36)31(30(33)16-13-17-34(38)39-4)21-20-29(43-35-18-8-10-22-40-35)26-42-28-15-12-14-27(37)24-28/h12-15,17,20-21,24,29-33,35-36H,5-11,16,18-19,22-23,25-26H2,1-4H3/t29-,30-,31-,32-,33+,35?,36?/m1/s1. The Hall–Kier alpha value is -1.72. The highest BCUT2D eigenvalue weighted by atomic mass is 35.5. The van der Waals surface area contributed by atoms with Gasteiger partial charge in [0.2, 0.25) is 0 Å². The van der Waals surface area contributed by atoms with Gasteiger partial charge < -0.3 is 32.8 Å². The van der Waals surface area contributed by atoms with E-state index in [2.05, 4.69) is 32.9 Å². The van der Waals surface area contributed by atoms with Crippen molar-refractivity contribution < 1.29 is 37.6 Å². The van der Waals surface area contributed by atoms with Crippen LogP contribution in [0.25, 0.3) is 0 Å². The molecule has 1 saturated carbocycles. The molecule has 10 heteroatoms. The first-order valence-corrected chi connectivity index (χ1v) is 20.3. The van der Waals surface area contributed by atoms with Crippen LogP contribution in [0.1, 0.15) is 72.1 Å². The lowest BCUT2D eigenvalue weighted by atomic mass is 9.89. The predicted molar refractivity (Wildman–Crippen MR) is 182 cm³/mol. The second-order valence-electron chi connectivity index (χ2n) is 12.6. The number of hydrogen-bond donors (Lipinski definition) is 0. The minimum Gasteiger partial charge on any atom is -0.490 e. The van der Waals surface area contributed by atoms with Gasteiger partial charge in [-0.05, 0) is 93.6 Å². The van der Waals surface area contributed by atoms with E-state index in [4.69, 9.17) is 44.4 Å². The van der Waals surface area contributed by atoms with E-state index in [0.29, 0.717) is 30.4 Å². The van der Waals surface area contributed by atoms with Crippen LogP contribution in [0.4, 0.5) is 0 Å². The maximum Gasteiger partial charge on any atom is 0.330 e. The van der Waals surface area contributed by atoms with Gasteiger partial charge in [0.25, 0.3) is 0 Å². The highest BCUT2D eigenvalue weighted by Gasteiger charge is 2.47. The zero-order valence-electron chi connectivity index (χ0n) is 28.2. The number of allylic oxidation sites excluding steroid dienone is 1. The number of rotatable bonds is 17. The second kappa shape index (κ2) is 19.3. The maximum atomic E-state index is 12.0. The number of halogens is 1. The molecule has 1 aromatic carbocycles. The molecule has 7 atom stereocenters. The van der Waals surface area contributed by atoms with Crippen molar-refractivity contribution in [2.45, 2.75) is 121 Å². The Labute approximate surface area is 282 Å². The molecule has 3 fully saturated rings. The molecule has 8 nitrogen and oxygen atoms in total. The fourth-order valence-electron chi connectivity index (χ4n) is 6.81. The van der Waals surface area contributed by atoms with Gasteiger partial charge in [0.05, 0.1) is 19.3 Å². The molecule has 2 heterocycles. The summed E-state index contributed by atoms with van der Waals surface area (Å²) in [5.41, 5.74) is 0. The Morgan fingerprint density at radius 3 is 2.37 bits per heavy atom. The first-order chi connectivity index (χ1) is 22.4. The molecule has 0 spiro atoms. The fourth-order valence-corrected chi connectivity index (χ4v) is 9.90. The number of esters is 1. The number of methoxy groups -OCH3 is 1. The van der Waals surface area contributed by atoms with Crippen LogP contribution in [0, 0.1) is 11.8 Å². The maximum absolute atomic E-state index is 12.0. The average molecular weight is 679 g/mol. The lowest BCUT2D eigenvalue weighted by molar-refractivity contribution is -0.193. The molecule has 0 aromatic heterocycles. The van der Waals surface area contributed by atoms with Gasteiger partial charge in [-0.15, -0.1) is 0 Å². The van der Waals surface area contributed by atoms with E-state index in [1.807, 2.05) is 24.3 Å². The third kappa shape index (κ3) is 11.2. The van der Waals surface area contributed by atoms with Crippen molar-refractivity contribution in [1.29, 1.82) is 0 Å². The van der Waals surface area contributed by atoms with Crippen molar-refractivity contribution in [3.8, 4) is 5.75 Å². The predicted octanol–water partition coefficient (Wildman–Crippen LogP) is 8.24. The Bertz CT molecular complexity index is 1090. The van der Waals surface area contributed by atoms with Crippen LogP contribution in [0.15, 0.2) is 48.6 Å². The van der Waals surface area contributed by atoms with E-state index >= 15 is 0 Å². The summed E-state index contributed by atoms with van der Waals surface area (Å²) in [6, 6.07) is 10.6. The van der Waals surface area contributed by atoms with Gasteiger partial charge in [-0.3, -0.25) is 0 Å². The van der Waals surface area contributed by atoms with Crippen LogP contribution in [-0.4, -0.2) is 72.1 Å². The van der Waals surface area contributed by atoms with Crippen molar-refractivity contribution in [3.05, 3.63) is 53.6 Å². The van der Waals surface area contributed by atoms with Gasteiger partial charge in [0, 0.05) is 30.2 Å². The Balaban J connectivity index is 1.62. The molecular weight excluding hydrogens is 624 g/mol. The summed E-state index contributed by atoms with van der Waals surface area (Å²) in [6.45, 7) is 8.51. The normalized spacial score (nSPS) is 28.1. The Kier molecular flexibility index (Phi) is 15.6. The summed E-state index contributed by atoms with van der Waals surface area (Å²) in [4.78, 5) is 12.0. The third-order valence-corrected chi connectivity index (χ3v) is 14.7. The SMILES string of the molecule is CC[Si](CC)(CC)O[C@H]1C[C@@H](OC2CCCCO2)[C@H](C=C[C@H](COc2cccc(Cl)c2)OC2CCCCO2)[C@H]1CC=CC(=O)OC. The molecule has 2 aliphatic heterocycles. The van der Waals surface area contributed by atoms with Crippen molar-refractivity contribution in [2.24, 2.45) is 11.8 Å². The molecule has 2 saturated heterocycles.